The molecule has 84 valence electrons. The fraction of sp³-hybridized carbons (Fsp3) is 0.500. The van der Waals surface area contributed by atoms with Crippen LogP contribution in [0.3, 0.4) is 0 Å². The summed E-state index contributed by atoms with van der Waals surface area (Å²) < 4.78 is 12.5. The van der Waals surface area contributed by atoms with Gasteiger partial charge < -0.3 is 9.88 Å². The molecule has 15 heavy (non-hydrogen) atoms. The predicted octanol–water partition coefficient (Wildman–Crippen LogP) is 3.15. The molecule has 0 unspecified atom stereocenters. The summed E-state index contributed by atoms with van der Waals surface area (Å²) in [6.45, 7) is 6.96. The van der Waals surface area contributed by atoms with Crippen LogP contribution in [-0.4, -0.2) is 18.9 Å². The van der Waals surface area contributed by atoms with Crippen LogP contribution in [0.1, 0.15) is 20.8 Å². The van der Waals surface area contributed by atoms with E-state index in [1.807, 2.05) is 38.1 Å². The SMILES string of the molecule is CCNc1cccc(P(=O)(CC)CC)c1. The molecule has 3 heteroatoms. The summed E-state index contributed by atoms with van der Waals surface area (Å²) in [7, 11) is -2.12. The van der Waals surface area contributed by atoms with E-state index in [0.717, 1.165) is 29.9 Å². The van der Waals surface area contributed by atoms with E-state index in [1.165, 1.54) is 0 Å². The Morgan fingerprint density at radius 1 is 1.20 bits per heavy atom. The molecule has 0 atom stereocenters. The first-order valence-electron chi connectivity index (χ1n) is 5.58. The topological polar surface area (TPSA) is 29.1 Å². The van der Waals surface area contributed by atoms with Gasteiger partial charge >= 0.3 is 0 Å². The number of hydrogen-bond donors (Lipinski definition) is 1. The van der Waals surface area contributed by atoms with Crippen molar-refractivity contribution in [3.05, 3.63) is 24.3 Å². The van der Waals surface area contributed by atoms with Crippen molar-refractivity contribution in [3.8, 4) is 0 Å². The zero-order valence-electron chi connectivity index (χ0n) is 9.79. The monoisotopic (exact) mass is 225 g/mol. The van der Waals surface area contributed by atoms with E-state index in [4.69, 9.17) is 0 Å². The van der Waals surface area contributed by atoms with Gasteiger partial charge in [0.15, 0.2) is 0 Å². The molecular formula is C12H20NOP. The quantitative estimate of drug-likeness (QED) is 0.780. The molecule has 0 bridgehead atoms. The maximum Gasteiger partial charge on any atom is 0.115 e. The molecular weight excluding hydrogens is 205 g/mol. The summed E-state index contributed by atoms with van der Waals surface area (Å²) in [5.41, 5.74) is 1.07. The Hall–Kier alpha value is -0.750. The largest absolute Gasteiger partial charge is 0.385 e. The van der Waals surface area contributed by atoms with Gasteiger partial charge in [0, 0.05) is 29.9 Å². The third-order valence-electron chi connectivity index (χ3n) is 2.72. The van der Waals surface area contributed by atoms with Crippen LogP contribution in [0.5, 0.6) is 0 Å². The number of hydrogen-bond acceptors (Lipinski definition) is 2. The van der Waals surface area contributed by atoms with Crippen molar-refractivity contribution in [3.63, 3.8) is 0 Å². The molecule has 0 fully saturated rings. The van der Waals surface area contributed by atoms with Gasteiger partial charge in [-0.2, -0.15) is 0 Å². The highest BCUT2D eigenvalue weighted by atomic mass is 31.2. The van der Waals surface area contributed by atoms with Crippen molar-refractivity contribution >= 4 is 18.1 Å². The minimum atomic E-state index is -2.12. The lowest BCUT2D eigenvalue weighted by Crippen LogP contribution is -2.10. The Morgan fingerprint density at radius 2 is 1.87 bits per heavy atom. The van der Waals surface area contributed by atoms with E-state index in [-0.39, 0.29) is 0 Å². The fourth-order valence-electron chi connectivity index (χ4n) is 1.66. The second kappa shape index (κ2) is 5.37. The lowest BCUT2D eigenvalue weighted by molar-refractivity contribution is 0.582. The Morgan fingerprint density at radius 3 is 2.40 bits per heavy atom. The molecule has 2 nitrogen and oxygen atoms in total. The zero-order valence-corrected chi connectivity index (χ0v) is 10.7. The van der Waals surface area contributed by atoms with E-state index in [0.29, 0.717) is 0 Å². The van der Waals surface area contributed by atoms with Crippen molar-refractivity contribution in [2.45, 2.75) is 20.8 Å². The molecule has 0 radical (unpaired) electrons. The number of benzene rings is 1. The number of anilines is 1. The third kappa shape index (κ3) is 2.85. The van der Waals surface area contributed by atoms with Gasteiger partial charge in [-0.05, 0) is 19.1 Å². The predicted molar refractivity (Wildman–Crippen MR) is 68.9 cm³/mol. The normalized spacial score (nSPS) is 11.4. The van der Waals surface area contributed by atoms with Gasteiger partial charge in [-0.1, -0.05) is 26.0 Å². The van der Waals surface area contributed by atoms with Crippen LogP contribution >= 0.6 is 7.14 Å². The molecule has 0 amide bonds. The molecule has 0 spiro atoms. The zero-order chi connectivity index (χ0) is 11.3. The maximum atomic E-state index is 12.5. The van der Waals surface area contributed by atoms with Gasteiger partial charge in [0.1, 0.15) is 7.14 Å². The summed E-state index contributed by atoms with van der Waals surface area (Å²) in [5, 5.41) is 4.25. The van der Waals surface area contributed by atoms with Gasteiger partial charge in [0.25, 0.3) is 0 Å². The minimum absolute atomic E-state index is 0.749. The second-order valence-corrected chi connectivity index (χ2v) is 7.16. The first kappa shape index (κ1) is 12.3. The average Bonchev–Trinajstić information content (AvgIpc) is 2.29. The summed E-state index contributed by atoms with van der Waals surface area (Å²) in [6.07, 6.45) is 1.50. The van der Waals surface area contributed by atoms with E-state index >= 15 is 0 Å². The molecule has 0 aliphatic rings. The highest BCUT2D eigenvalue weighted by molar-refractivity contribution is 7.71. The molecule has 0 aliphatic heterocycles. The highest BCUT2D eigenvalue weighted by Crippen LogP contribution is 2.43. The van der Waals surface area contributed by atoms with Crippen molar-refractivity contribution in [1.82, 2.24) is 0 Å². The van der Waals surface area contributed by atoms with Crippen LogP contribution in [0, 0.1) is 0 Å². The molecule has 0 aliphatic carbocycles. The lowest BCUT2D eigenvalue weighted by atomic mass is 10.3. The molecule has 0 aromatic heterocycles. The minimum Gasteiger partial charge on any atom is -0.385 e. The van der Waals surface area contributed by atoms with Gasteiger partial charge in [0.2, 0.25) is 0 Å². The molecule has 0 saturated carbocycles. The molecule has 1 rings (SSSR count). The highest BCUT2D eigenvalue weighted by Gasteiger charge is 2.19. The molecule has 1 aromatic carbocycles. The van der Waals surface area contributed by atoms with Crippen molar-refractivity contribution in [2.24, 2.45) is 0 Å². The Bertz CT molecular complexity index is 354. The summed E-state index contributed by atoms with van der Waals surface area (Å²) in [6, 6.07) is 8.00. The molecule has 1 N–H and O–H groups in total. The van der Waals surface area contributed by atoms with Gasteiger partial charge in [-0.3, -0.25) is 0 Å². The van der Waals surface area contributed by atoms with Crippen LogP contribution < -0.4 is 10.6 Å². The first-order chi connectivity index (χ1) is 7.16. The summed E-state index contributed by atoms with van der Waals surface area (Å²) in [5.74, 6) is 0. The number of rotatable bonds is 5. The fourth-order valence-corrected chi connectivity index (χ4v) is 3.57. The first-order valence-corrected chi connectivity index (χ1v) is 7.66. The maximum absolute atomic E-state index is 12.5. The smallest absolute Gasteiger partial charge is 0.115 e. The summed E-state index contributed by atoms with van der Waals surface area (Å²) in [4.78, 5) is 0. The second-order valence-electron chi connectivity index (χ2n) is 3.60. The average molecular weight is 225 g/mol. The van der Waals surface area contributed by atoms with Crippen molar-refractivity contribution < 1.29 is 4.57 Å². The van der Waals surface area contributed by atoms with E-state index < -0.39 is 7.14 Å². The van der Waals surface area contributed by atoms with Crippen LogP contribution in [-0.2, 0) is 4.57 Å². The van der Waals surface area contributed by atoms with E-state index in [2.05, 4.69) is 12.2 Å². The van der Waals surface area contributed by atoms with E-state index in [1.54, 1.807) is 0 Å². The Labute approximate surface area is 92.5 Å². The standard InChI is InChI=1S/C12H20NOP/c1-4-13-11-8-7-9-12(10-11)15(14,5-2)6-3/h7-10,13H,4-6H2,1-3H3. The molecule has 0 heterocycles. The van der Waals surface area contributed by atoms with Crippen LogP contribution in [0.4, 0.5) is 5.69 Å². The van der Waals surface area contributed by atoms with E-state index in [9.17, 15) is 4.57 Å². The third-order valence-corrected chi connectivity index (χ3v) is 5.98. The number of nitrogens with one attached hydrogen (secondary N) is 1. The molecule has 0 saturated heterocycles. The van der Waals surface area contributed by atoms with Gasteiger partial charge in [-0.15, -0.1) is 0 Å². The van der Waals surface area contributed by atoms with Crippen molar-refractivity contribution in [2.75, 3.05) is 24.2 Å². The lowest BCUT2D eigenvalue weighted by Gasteiger charge is -2.15. The van der Waals surface area contributed by atoms with Crippen LogP contribution in [0.15, 0.2) is 24.3 Å². The van der Waals surface area contributed by atoms with Gasteiger partial charge in [0.05, 0.1) is 0 Å². The Kier molecular flexibility index (Phi) is 4.41. The summed E-state index contributed by atoms with van der Waals surface area (Å²) >= 11 is 0. The van der Waals surface area contributed by atoms with Crippen molar-refractivity contribution in [1.29, 1.82) is 0 Å². The van der Waals surface area contributed by atoms with Crippen LogP contribution in [0.2, 0.25) is 0 Å². The Balaban J connectivity index is 3.03. The van der Waals surface area contributed by atoms with Crippen LogP contribution in [0.25, 0.3) is 0 Å². The molecule has 1 aromatic rings. The van der Waals surface area contributed by atoms with Gasteiger partial charge in [-0.25, -0.2) is 0 Å².